The Balaban J connectivity index is 2.14. The maximum atomic E-state index is 13.1. The zero-order chi connectivity index (χ0) is 19.2. The monoisotopic (exact) mass is 381 g/mol. The number of halogens is 1. The summed E-state index contributed by atoms with van der Waals surface area (Å²) >= 11 is 0. The third kappa shape index (κ3) is 6.12. The van der Waals surface area contributed by atoms with E-state index in [9.17, 15) is 17.6 Å². The molecule has 0 fully saturated rings. The van der Waals surface area contributed by atoms with Crippen molar-refractivity contribution >= 4 is 16.0 Å². The number of carbonyl (C=O) groups is 1. The van der Waals surface area contributed by atoms with E-state index in [1.54, 1.807) is 17.0 Å². The van der Waals surface area contributed by atoms with Gasteiger partial charge in [-0.1, -0.05) is 12.1 Å². The van der Waals surface area contributed by atoms with Gasteiger partial charge < -0.3 is 13.8 Å². The summed E-state index contributed by atoms with van der Waals surface area (Å²) in [6, 6.07) is 11.7. The number of nitrogens with zero attached hydrogens (tertiary/aromatic N) is 1. The first-order valence-electron chi connectivity index (χ1n) is 7.80. The summed E-state index contributed by atoms with van der Waals surface area (Å²) in [5.74, 6) is -0.463. The van der Waals surface area contributed by atoms with Crippen molar-refractivity contribution in [1.82, 2.24) is 4.90 Å². The number of hydrogen-bond donors (Lipinski definition) is 0. The Bertz CT molecular complexity index is 835. The molecule has 0 aliphatic heterocycles. The SMILES string of the molecule is COCCN(Cc1ccc(OS(C)(=O)=O)cc1)C(=O)c1ccc(F)cc1. The molecule has 0 radical (unpaired) electrons. The number of carbonyl (C=O) groups excluding carboxylic acids is 1. The smallest absolute Gasteiger partial charge is 0.306 e. The first-order valence-corrected chi connectivity index (χ1v) is 9.62. The predicted molar refractivity (Wildman–Crippen MR) is 94.9 cm³/mol. The molecule has 2 aromatic carbocycles. The van der Waals surface area contributed by atoms with Gasteiger partial charge >= 0.3 is 10.1 Å². The average Bonchev–Trinajstić information content (AvgIpc) is 2.59. The quantitative estimate of drug-likeness (QED) is 0.657. The predicted octanol–water partition coefficient (Wildman–Crippen LogP) is 2.45. The number of benzene rings is 2. The summed E-state index contributed by atoms with van der Waals surface area (Å²) in [6.45, 7) is 0.995. The number of ether oxygens (including phenoxy) is 1. The molecule has 26 heavy (non-hydrogen) atoms. The fourth-order valence-corrected chi connectivity index (χ4v) is 2.74. The van der Waals surface area contributed by atoms with Gasteiger partial charge in [0.25, 0.3) is 5.91 Å². The van der Waals surface area contributed by atoms with Crippen LogP contribution in [-0.2, 0) is 21.4 Å². The molecule has 140 valence electrons. The van der Waals surface area contributed by atoms with E-state index < -0.39 is 15.9 Å². The molecule has 0 saturated carbocycles. The van der Waals surface area contributed by atoms with E-state index in [0.717, 1.165) is 11.8 Å². The molecular weight excluding hydrogens is 361 g/mol. The summed E-state index contributed by atoms with van der Waals surface area (Å²) in [5, 5.41) is 0. The van der Waals surface area contributed by atoms with E-state index in [4.69, 9.17) is 8.92 Å². The van der Waals surface area contributed by atoms with Gasteiger partial charge in [-0.2, -0.15) is 8.42 Å². The van der Waals surface area contributed by atoms with Crippen LogP contribution in [0.2, 0.25) is 0 Å². The van der Waals surface area contributed by atoms with Crippen LogP contribution in [-0.4, -0.2) is 45.7 Å². The first kappa shape index (κ1) is 19.9. The maximum absolute atomic E-state index is 13.1. The van der Waals surface area contributed by atoms with Gasteiger partial charge in [-0.25, -0.2) is 4.39 Å². The van der Waals surface area contributed by atoms with Crippen molar-refractivity contribution in [2.75, 3.05) is 26.5 Å². The first-order chi connectivity index (χ1) is 12.3. The van der Waals surface area contributed by atoms with Crippen molar-refractivity contribution in [3.63, 3.8) is 0 Å². The van der Waals surface area contributed by atoms with E-state index >= 15 is 0 Å². The van der Waals surface area contributed by atoms with Gasteiger partial charge in [0, 0.05) is 25.8 Å². The molecule has 0 unspecified atom stereocenters. The highest BCUT2D eigenvalue weighted by Crippen LogP contribution is 2.16. The van der Waals surface area contributed by atoms with Crippen LogP contribution in [0, 0.1) is 5.82 Å². The van der Waals surface area contributed by atoms with E-state index in [1.807, 2.05) is 0 Å². The molecule has 0 heterocycles. The number of methoxy groups -OCH3 is 1. The van der Waals surface area contributed by atoms with Crippen LogP contribution in [0.15, 0.2) is 48.5 Å². The van der Waals surface area contributed by atoms with Crippen molar-refractivity contribution in [3.05, 3.63) is 65.5 Å². The minimum Gasteiger partial charge on any atom is -0.383 e. The van der Waals surface area contributed by atoms with E-state index in [1.165, 1.54) is 43.5 Å². The van der Waals surface area contributed by atoms with E-state index in [-0.39, 0.29) is 11.7 Å². The molecule has 2 rings (SSSR count). The molecule has 8 heteroatoms. The van der Waals surface area contributed by atoms with Crippen LogP contribution in [0.4, 0.5) is 4.39 Å². The second-order valence-electron chi connectivity index (χ2n) is 5.66. The lowest BCUT2D eigenvalue weighted by atomic mass is 10.1. The zero-order valence-electron chi connectivity index (χ0n) is 14.5. The Kier molecular flexibility index (Phi) is 6.70. The second kappa shape index (κ2) is 8.77. The van der Waals surface area contributed by atoms with E-state index in [2.05, 4.69) is 0 Å². The Hall–Kier alpha value is -2.45. The lowest BCUT2D eigenvalue weighted by Gasteiger charge is -2.23. The van der Waals surface area contributed by atoms with Crippen molar-refractivity contribution < 1.29 is 26.5 Å². The third-order valence-electron chi connectivity index (χ3n) is 3.49. The highest BCUT2D eigenvalue weighted by Gasteiger charge is 2.16. The summed E-state index contributed by atoms with van der Waals surface area (Å²) in [6.07, 6.45) is 0.967. The largest absolute Gasteiger partial charge is 0.383 e. The van der Waals surface area contributed by atoms with Crippen LogP contribution in [0.25, 0.3) is 0 Å². The Morgan fingerprint density at radius 2 is 1.69 bits per heavy atom. The number of amides is 1. The fraction of sp³-hybridized carbons (Fsp3) is 0.278. The number of hydrogen-bond acceptors (Lipinski definition) is 5. The molecule has 0 N–H and O–H groups in total. The Morgan fingerprint density at radius 3 is 2.23 bits per heavy atom. The summed E-state index contributed by atoms with van der Waals surface area (Å²) in [7, 11) is -2.05. The van der Waals surface area contributed by atoms with Gasteiger partial charge in [0.05, 0.1) is 12.9 Å². The van der Waals surface area contributed by atoms with E-state index in [0.29, 0.717) is 25.3 Å². The topological polar surface area (TPSA) is 72.9 Å². The van der Waals surface area contributed by atoms with Crippen molar-refractivity contribution in [1.29, 1.82) is 0 Å². The summed E-state index contributed by atoms with van der Waals surface area (Å²) < 4.78 is 45.2. The highest BCUT2D eigenvalue weighted by molar-refractivity contribution is 7.86. The second-order valence-corrected chi connectivity index (χ2v) is 7.23. The highest BCUT2D eigenvalue weighted by atomic mass is 32.2. The fourth-order valence-electron chi connectivity index (χ4n) is 2.27. The van der Waals surface area contributed by atoms with Gasteiger partial charge in [-0.05, 0) is 42.0 Å². The van der Waals surface area contributed by atoms with Gasteiger partial charge in [0.2, 0.25) is 0 Å². The van der Waals surface area contributed by atoms with Crippen LogP contribution in [0.5, 0.6) is 5.75 Å². The van der Waals surface area contributed by atoms with Gasteiger partial charge in [0.1, 0.15) is 11.6 Å². The summed E-state index contributed by atoms with van der Waals surface area (Å²) in [4.78, 5) is 14.2. The van der Waals surface area contributed by atoms with Crippen LogP contribution in [0.3, 0.4) is 0 Å². The molecule has 0 aromatic heterocycles. The van der Waals surface area contributed by atoms with Crippen molar-refractivity contribution in [3.8, 4) is 5.75 Å². The van der Waals surface area contributed by atoms with Crippen LogP contribution < -0.4 is 4.18 Å². The van der Waals surface area contributed by atoms with Crippen LogP contribution in [0.1, 0.15) is 15.9 Å². The van der Waals surface area contributed by atoms with Crippen LogP contribution >= 0.6 is 0 Å². The lowest BCUT2D eigenvalue weighted by molar-refractivity contribution is 0.0680. The molecule has 0 spiro atoms. The Morgan fingerprint density at radius 1 is 1.08 bits per heavy atom. The van der Waals surface area contributed by atoms with Gasteiger partial charge in [-0.3, -0.25) is 4.79 Å². The molecule has 2 aromatic rings. The average molecular weight is 381 g/mol. The molecule has 0 atom stereocenters. The van der Waals surface area contributed by atoms with Gasteiger partial charge in [0.15, 0.2) is 0 Å². The standard InChI is InChI=1S/C18H20FNO5S/c1-24-12-11-20(18(21)15-5-7-16(19)8-6-15)13-14-3-9-17(10-4-14)25-26(2,22)23/h3-10H,11-13H2,1-2H3. The van der Waals surface area contributed by atoms with Gasteiger partial charge in [-0.15, -0.1) is 0 Å². The number of rotatable bonds is 8. The normalized spacial score (nSPS) is 11.2. The lowest BCUT2D eigenvalue weighted by Crippen LogP contribution is -2.33. The third-order valence-corrected chi connectivity index (χ3v) is 3.98. The molecule has 0 saturated heterocycles. The molecule has 6 nitrogen and oxygen atoms in total. The van der Waals surface area contributed by atoms with Crippen molar-refractivity contribution in [2.24, 2.45) is 0 Å². The minimum atomic E-state index is -3.59. The molecular formula is C18H20FNO5S. The zero-order valence-corrected chi connectivity index (χ0v) is 15.3. The maximum Gasteiger partial charge on any atom is 0.306 e. The summed E-state index contributed by atoms with van der Waals surface area (Å²) in [5.41, 5.74) is 1.16. The Labute approximate surface area is 152 Å². The minimum absolute atomic E-state index is 0.199. The molecule has 0 bridgehead atoms. The molecule has 0 aliphatic rings. The molecule has 1 amide bonds. The van der Waals surface area contributed by atoms with Crippen molar-refractivity contribution in [2.45, 2.75) is 6.54 Å². The molecule has 0 aliphatic carbocycles.